The lowest BCUT2D eigenvalue weighted by Gasteiger charge is -1.88. The van der Waals surface area contributed by atoms with Gasteiger partial charge in [0.2, 0.25) is 0 Å². The smallest absolute Gasteiger partial charge is 0.158 e. The van der Waals surface area contributed by atoms with Crippen LogP contribution in [0.15, 0.2) is 22.7 Å². The average molecular weight is 178 g/mol. The van der Waals surface area contributed by atoms with Crippen LogP contribution in [0.3, 0.4) is 0 Å². The fourth-order valence-corrected chi connectivity index (χ4v) is 0.456. The standard InChI is InChI=1S/C5H5BrN2/c6-4-1-2-5(7)8-3-4/h1-3H,(H2,7,8)/i1D,2D,3D/hD2. The Labute approximate surface area is 63.0 Å². The van der Waals surface area contributed by atoms with Crippen LogP contribution < -0.4 is 5.72 Å². The molecular formula is C5H5BrN2. The van der Waals surface area contributed by atoms with E-state index < -0.39 is 0 Å². The van der Waals surface area contributed by atoms with Crippen LogP contribution in [0, 0.1) is 0 Å². The summed E-state index contributed by atoms with van der Waals surface area (Å²) in [5, 5.41) is 0. The molecule has 1 aromatic rings. The van der Waals surface area contributed by atoms with Crippen molar-refractivity contribution < 1.29 is 6.94 Å². The van der Waals surface area contributed by atoms with Gasteiger partial charge in [-0.15, -0.1) is 0 Å². The van der Waals surface area contributed by atoms with Crippen LogP contribution in [0.4, 0.5) is 5.82 Å². The number of anilines is 1. The average Bonchev–Trinajstić information content (AvgIpc) is 2.07. The normalized spacial score (nSPS) is 17.4. The van der Waals surface area contributed by atoms with Crippen molar-refractivity contribution in [3.63, 3.8) is 0 Å². The molecule has 0 aliphatic carbocycles. The minimum atomic E-state index is -0.340. The van der Waals surface area contributed by atoms with Crippen molar-refractivity contribution >= 4 is 21.7 Å². The van der Waals surface area contributed by atoms with E-state index in [4.69, 9.17) is 6.94 Å². The Balaban J connectivity index is 3.41. The summed E-state index contributed by atoms with van der Waals surface area (Å²) in [6, 6.07) is -0.577. The highest BCUT2D eigenvalue weighted by atomic mass is 79.9. The molecule has 42 valence electrons. The Morgan fingerprint density at radius 3 is 3.50 bits per heavy atom. The largest absolute Gasteiger partial charge is 0.384 e. The van der Waals surface area contributed by atoms with Gasteiger partial charge >= 0.3 is 0 Å². The highest BCUT2D eigenvalue weighted by molar-refractivity contribution is 9.10. The molecular weight excluding hydrogens is 168 g/mol. The van der Waals surface area contributed by atoms with E-state index >= 15 is 0 Å². The summed E-state index contributed by atoms with van der Waals surface area (Å²) in [4.78, 5) is 3.50. The molecule has 2 nitrogen and oxygen atoms in total. The first-order valence-electron chi connectivity index (χ1n) is 4.25. The predicted octanol–water partition coefficient (Wildman–Crippen LogP) is 1.43. The summed E-state index contributed by atoms with van der Waals surface area (Å²) >= 11 is 2.91. The molecule has 0 spiro atoms. The molecule has 1 heterocycles. The van der Waals surface area contributed by atoms with E-state index in [1.54, 1.807) is 0 Å². The summed E-state index contributed by atoms with van der Waals surface area (Å²) in [5.41, 5.74) is 0.116. The number of rotatable bonds is 1. The zero-order valence-corrected chi connectivity index (χ0v) is 5.36. The molecule has 0 atom stereocenters. The molecule has 0 radical (unpaired) electrons. The highest BCUT2D eigenvalue weighted by Crippen LogP contribution is 2.07. The van der Waals surface area contributed by atoms with Crippen LogP contribution in [-0.4, -0.2) is 4.98 Å². The molecule has 0 unspecified atom stereocenters. The SMILES string of the molecule is [2H]c1nc(N([2H])[2H])c([2H])c([2H])c1Br. The maximum atomic E-state index is 7.33. The second kappa shape index (κ2) is 2.13. The first-order chi connectivity index (χ1) is 5.95. The Morgan fingerprint density at radius 2 is 2.75 bits per heavy atom. The maximum Gasteiger partial charge on any atom is 0.158 e. The van der Waals surface area contributed by atoms with Gasteiger partial charge in [-0.2, -0.15) is 0 Å². The zero-order chi connectivity index (χ0) is 10.2. The molecule has 1 aromatic heterocycles. The Hall–Kier alpha value is -0.570. The molecule has 0 saturated heterocycles. The lowest BCUT2D eigenvalue weighted by molar-refractivity contribution is 1.32. The van der Waals surface area contributed by atoms with Gasteiger partial charge in [0.05, 0.1) is 4.11 Å². The number of hydrogen-bond acceptors (Lipinski definition) is 2. The van der Waals surface area contributed by atoms with Gasteiger partial charge in [-0.3, -0.25) is 0 Å². The van der Waals surface area contributed by atoms with Crippen molar-refractivity contribution in [3.8, 4) is 0 Å². The van der Waals surface area contributed by atoms with Crippen molar-refractivity contribution in [3.05, 3.63) is 22.7 Å². The minimum Gasteiger partial charge on any atom is -0.384 e. The molecule has 2 N–H and O–H groups in total. The Kier molecular flexibility index (Phi) is 0.530. The third-order valence-electron chi connectivity index (χ3n) is 0.544. The second-order valence-electron chi connectivity index (χ2n) is 1.11. The van der Waals surface area contributed by atoms with Gasteiger partial charge in [0, 0.05) is 10.6 Å². The third kappa shape index (κ3) is 1.20. The molecule has 8 heavy (non-hydrogen) atoms. The van der Waals surface area contributed by atoms with Crippen molar-refractivity contribution in [1.82, 2.24) is 4.98 Å². The van der Waals surface area contributed by atoms with Gasteiger partial charge in [0.25, 0.3) is 0 Å². The minimum absolute atomic E-state index is 0.100. The lowest BCUT2D eigenvalue weighted by Crippen LogP contribution is -1.86. The number of pyridine rings is 1. The van der Waals surface area contributed by atoms with E-state index in [0.29, 0.717) is 0 Å². The quantitative estimate of drug-likeness (QED) is 0.706. The third-order valence-corrected chi connectivity index (χ3v) is 0.920. The molecule has 0 aliphatic heterocycles. The molecule has 0 bridgehead atoms. The lowest BCUT2D eigenvalue weighted by atomic mass is 10.5. The predicted molar refractivity (Wildman–Crippen MR) is 36.3 cm³/mol. The molecule has 0 saturated carbocycles. The van der Waals surface area contributed by atoms with Gasteiger partial charge in [-0.1, -0.05) is 0 Å². The highest BCUT2D eigenvalue weighted by Gasteiger charge is 1.83. The van der Waals surface area contributed by atoms with E-state index in [1.165, 1.54) is 0 Å². The zero-order valence-electron chi connectivity index (χ0n) is 8.77. The maximum absolute atomic E-state index is 7.33. The summed E-state index contributed by atoms with van der Waals surface area (Å²) in [7, 11) is 0. The number of aromatic nitrogens is 1. The first-order valence-corrected chi connectivity index (χ1v) is 2.65. The van der Waals surface area contributed by atoms with Crippen LogP contribution in [0.5, 0.6) is 0 Å². The van der Waals surface area contributed by atoms with Crippen molar-refractivity contribution in [1.29, 1.82) is 0 Å². The van der Waals surface area contributed by atoms with Crippen LogP contribution in [-0.2, 0) is 0 Å². The van der Waals surface area contributed by atoms with E-state index in [1.807, 2.05) is 0 Å². The number of nitrogen functional groups attached to an aromatic ring is 1. The van der Waals surface area contributed by atoms with Gasteiger partial charge in [-0.25, -0.2) is 4.98 Å². The van der Waals surface area contributed by atoms with Gasteiger partial charge in [0.1, 0.15) is 5.82 Å². The summed E-state index contributed by atoms with van der Waals surface area (Å²) in [6.07, 6.45) is -0.250. The molecule has 3 heteroatoms. The van der Waals surface area contributed by atoms with E-state index in [9.17, 15) is 0 Å². The summed E-state index contributed by atoms with van der Waals surface area (Å²) < 4.78 is 35.7. The van der Waals surface area contributed by atoms with E-state index in [0.717, 1.165) is 0 Å². The number of nitrogens with zero attached hydrogens (tertiary/aromatic N) is 1. The monoisotopic (exact) mass is 177 g/mol. The van der Waals surface area contributed by atoms with Crippen LogP contribution in [0.25, 0.3) is 0 Å². The topological polar surface area (TPSA) is 38.9 Å². The fourth-order valence-electron chi connectivity index (χ4n) is 0.269. The molecule has 0 amide bonds. The van der Waals surface area contributed by atoms with Crippen LogP contribution >= 0.6 is 15.9 Å². The van der Waals surface area contributed by atoms with Crippen molar-refractivity contribution in [2.24, 2.45) is 0 Å². The van der Waals surface area contributed by atoms with Gasteiger partial charge in [0.15, 0.2) is 2.82 Å². The second-order valence-corrected chi connectivity index (χ2v) is 1.90. The molecule has 1 rings (SSSR count). The van der Waals surface area contributed by atoms with Crippen LogP contribution in [0.1, 0.15) is 4.11 Å². The van der Waals surface area contributed by atoms with E-state index in [-0.39, 0.29) is 34.3 Å². The summed E-state index contributed by atoms with van der Waals surface area (Å²) in [6.45, 7) is 0. The fraction of sp³-hybridized carbons (Fsp3) is 0. The molecule has 0 fully saturated rings. The van der Waals surface area contributed by atoms with Crippen LogP contribution in [0.2, 0.25) is 2.82 Å². The Bertz CT molecular complexity index is 342. The first kappa shape index (κ1) is 1.99. The van der Waals surface area contributed by atoms with Gasteiger partial charge in [-0.05, 0) is 28.0 Å². The summed E-state index contributed by atoms with van der Waals surface area (Å²) in [5.74, 6) is -0.321. The van der Waals surface area contributed by atoms with Crippen molar-refractivity contribution in [2.45, 2.75) is 0 Å². The molecule has 0 aliphatic rings. The van der Waals surface area contributed by atoms with Gasteiger partial charge < -0.3 is 5.72 Å². The van der Waals surface area contributed by atoms with E-state index in [2.05, 4.69) is 20.9 Å². The van der Waals surface area contributed by atoms with Crippen molar-refractivity contribution in [2.75, 3.05) is 5.72 Å². The number of nitrogens with two attached hydrogens (primary N) is 1. The molecule has 0 aromatic carbocycles. The number of hydrogen-bond donors (Lipinski definition) is 1. The Morgan fingerprint density at radius 1 is 1.88 bits per heavy atom. The number of halogens is 1.